The maximum Gasteiger partial charge on any atom is 0.311 e. The standard InChI is InChI=1S/C12H17NO5/c1-12(2,7-14)8-18-9-4-5-10(13(15)16)11(6-9)17-3/h4-6,14H,7-8H2,1-3H3. The van der Waals surface area contributed by atoms with Gasteiger partial charge in [-0.3, -0.25) is 10.1 Å². The van der Waals surface area contributed by atoms with Crippen molar-refractivity contribution in [1.29, 1.82) is 0 Å². The number of rotatable bonds is 6. The van der Waals surface area contributed by atoms with E-state index in [0.717, 1.165) is 0 Å². The van der Waals surface area contributed by atoms with Crippen molar-refractivity contribution in [2.45, 2.75) is 13.8 Å². The van der Waals surface area contributed by atoms with Crippen molar-refractivity contribution in [1.82, 2.24) is 0 Å². The largest absolute Gasteiger partial charge is 0.493 e. The van der Waals surface area contributed by atoms with Gasteiger partial charge in [0.05, 0.1) is 25.2 Å². The molecule has 1 N–H and O–H groups in total. The predicted molar refractivity (Wildman–Crippen MR) is 66.0 cm³/mol. The molecule has 0 aliphatic heterocycles. The Morgan fingerprint density at radius 2 is 2.11 bits per heavy atom. The van der Waals surface area contributed by atoms with Crippen LogP contribution in [-0.2, 0) is 0 Å². The molecule has 0 aliphatic carbocycles. The molecule has 0 fully saturated rings. The molecule has 1 rings (SSSR count). The van der Waals surface area contributed by atoms with Crippen LogP contribution in [0.1, 0.15) is 13.8 Å². The van der Waals surface area contributed by atoms with Crippen LogP contribution in [0.2, 0.25) is 0 Å². The molecule has 0 atom stereocenters. The fourth-order valence-corrected chi connectivity index (χ4v) is 1.22. The number of aliphatic hydroxyl groups is 1. The third-order valence-electron chi connectivity index (χ3n) is 2.41. The molecular weight excluding hydrogens is 238 g/mol. The molecule has 100 valence electrons. The fourth-order valence-electron chi connectivity index (χ4n) is 1.22. The lowest BCUT2D eigenvalue weighted by Gasteiger charge is -2.21. The molecule has 6 heteroatoms. The summed E-state index contributed by atoms with van der Waals surface area (Å²) in [5.41, 5.74) is -0.471. The topological polar surface area (TPSA) is 81.8 Å². The number of hydrogen-bond donors (Lipinski definition) is 1. The summed E-state index contributed by atoms with van der Waals surface area (Å²) in [6.45, 7) is 4.02. The number of aliphatic hydroxyl groups excluding tert-OH is 1. The minimum Gasteiger partial charge on any atom is -0.493 e. The first-order chi connectivity index (χ1) is 8.39. The summed E-state index contributed by atoms with van der Waals surface area (Å²) in [5.74, 6) is 0.623. The molecule has 6 nitrogen and oxygen atoms in total. The normalized spacial score (nSPS) is 11.1. The van der Waals surface area contributed by atoms with Gasteiger partial charge >= 0.3 is 5.69 Å². The van der Waals surface area contributed by atoms with E-state index in [0.29, 0.717) is 12.4 Å². The van der Waals surface area contributed by atoms with Gasteiger partial charge in [0.2, 0.25) is 5.75 Å². The highest BCUT2D eigenvalue weighted by atomic mass is 16.6. The van der Waals surface area contributed by atoms with E-state index in [2.05, 4.69) is 0 Å². The molecule has 18 heavy (non-hydrogen) atoms. The summed E-state index contributed by atoms with van der Waals surface area (Å²) in [4.78, 5) is 10.2. The third-order valence-corrected chi connectivity index (χ3v) is 2.41. The zero-order chi connectivity index (χ0) is 13.8. The van der Waals surface area contributed by atoms with E-state index in [-0.39, 0.29) is 23.5 Å². The quantitative estimate of drug-likeness (QED) is 0.621. The Labute approximate surface area is 105 Å². The lowest BCUT2D eigenvalue weighted by atomic mass is 9.96. The van der Waals surface area contributed by atoms with Crippen LogP contribution in [0.5, 0.6) is 11.5 Å². The zero-order valence-corrected chi connectivity index (χ0v) is 10.7. The predicted octanol–water partition coefficient (Wildman–Crippen LogP) is 2.00. The molecule has 0 heterocycles. The molecule has 0 bridgehead atoms. The number of benzene rings is 1. The molecule has 0 saturated heterocycles. The summed E-state index contributed by atoms with van der Waals surface area (Å²) in [6, 6.07) is 4.31. The Morgan fingerprint density at radius 3 is 2.61 bits per heavy atom. The van der Waals surface area contributed by atoms with Gasteiger partial charge in [0.15, 0.2) is 0 Å². The Hall–Kier alpha value is -1.82. The Kier molecular flexibility index (Phi) is 4.49. The van der Waals surface area contributed by atoms with E-state index in [1.54, 1.807) is 0 Å². The number of methoxy groups -OCH3 is 1. The number of ether oxygens (including phenoxy) is 2. The highest BCUT2D eigenvalue weighted by Gasteiger charge is 2.19. The maximum atomic E-state index is 10.7. The minimum absolute atomic E-state index is 0.00286. The Morgan fingerprint density at radius 1 is 1.44 bits per heavy atom. The van der Waals surface area contributed by atoms with Crippen molar-refractivity contribution >= 4 is 5.69 Å². The van der Waals surface area contributed by atoms with Crippen LogP contribution in [-0.4, -0.2) is 30.4 Å². The molecule has 0 aliphatic rings. The monoisotopic (exact) mass is 255 g/mol. The first-order valence-electron chi connectivity index (χ1n) is 5.46. The number of nitro groups is 1. The maximum absolute atomic E-state index is 10.7. The molecule has 0 aromatic heterocycles. The van der Waals surface area contributed by atoms with Gasteiger partial charge in [-0.05, 0) is 6.07 Å². The minimum atomic E-state index is -0.514. The second-order valence-electron chi connectivity index (χ2n) is 4.70. The number of nitrogens with zero attached hydrogens (tertiary/aromatic N) is 1. The highest BCUT2D eigenvalue weighted by Crippen LogP contribution is 2.31. The van der Waals surface area contributed by atoms with E-state index in [1.807, 2.05) is 13.8 Å². The molecule has 0 radical (unpaired) electrons. The number of hydrogen-bond acceptors (Lipinski definition) is 5. The number of nitro benzene ring substituents is 1. The molecule has 0 amide bonds. The van der Waals surface area contributed by atoms with Gasteiger partial charge in [0, 0.05) is 17.5 Å². The smallest absolute Gasteiger partial charge is 0.311 e. The second-order valence-corrected chi connectivity index (χ2v) is 4.70. The lowest BCUT2D eigenvalue weighted by molar-refractivity contribution is -0.385. The van der Waals surface area contributed by atoms with Crippen LogP contribution in [0.15, 0.2) is 18.2 Å². The summed E-state index contributed by atoms with van der Waals surface area (Å²) < 4.78 is 10.4. The van der Waals surface area contributed by atoms with Gasteiger partial charge in [-0.15, -0.1) is 0 Å². The van der Waals surface area contributed by atoms with Crippen LogP contribution in [0.3, 0.4) is 0 Å². The fraction of sp³-hybridized carbons (Fsp3) is 0.500. The van der Waals surface area contributed by atoms with Crippen LogP contribution >= 0.6 is 0 Å². The first-order valence-corrected chi connectivity index (χ1v) is 5.46. The van der Waals surface area contributed by atoms with E-state index in [4.69, 9.17) is 14.6 Å². The molecule has 1 aromatic carbocycles. The van der Waals surface area contributed by atoms with Gasteiger partial charge in [0.25, 0.3) is 0 Å². The van der Waals surface area contributed by atoms with Gasteiger partial charge < -0.3 is 14.6 Å². The third kappa shape index (κ3) is 3.59. The van der Waals surface area contributed by atoms with Crippen LogP contribution < -0.4 is 9.47 Å². The van der Waals surface area contributed by atoms with Crippen LogP contribution in [0, 0.1) is 15.5 Å². The SMILES string of the molecule is COc1cc(OCC(C)(C)CO)ccc1[N+](=O)[O-]. The van der Waals surface area contributed by atoms with Gasteiger partial charge in [-0.25, -0.2) is 0 Å². The zero-order valence-electron chi connectivity index (χ0n) is 10.7. The van der Waals surface area contributed by atoms with Crippen molar-refractivity contribution in [2.75, 3.05) is 20.3 Å². The van der Waals surface area contributed by atoms with Crippen molar-refractivity contribution in [2.24, 2.45) is 5.41 Å². The van der Waals surface area contributed by atoms with Gasteiger partial charge in [-0.1, -0.05) is 13.8 Å². The van der Waals surface area contributed by atoms with E-state index in [1.165, 1.54) is 25.3 Å². The summed E-state index contributed by atoms with van der Waals surface area (Å²) >= 11 is 0. The van der Waals surface area contributed by atoms with Crippen LogP contribution in [0.4, 0.5) is 5.69 Å². The highest BCUT2D eigenvalue weighted by molar-refractivity contribution is 5.50. The van der Waals surface area contributed by atoms with Crippen molar-refractivity contribution < 1.29 is 19.5 Å². The van der Waals surface area contributed by atoms with Gasteiger partial charge in [-0.2, -0.15) is 0 Å². The van der Waals surface area contributed by atoms with Crippen LogP contribution in [0.25, 0.3) is 0 Å². The van der Waals surface area contributed by atoms with Crippen molar-refractivity contribution in [3.63, 3.8) is 0 Å². The summed E-state index contributed by atoms with van der Waals surface area (Å²) in [6.07, 6.45) is 0. The summed E-state index contributed by atoms with van der Waals surface area (Å²) in [5, 5.41) is 19.8. The van der Waals surface area contributed by atoms with E-state index < -0.39 is 4.92 Å². The molecule has 0 unspecified atom stereocenters. The van der Waals surface area contributed by atoms with Gasteiger partial charge in [0.1, 0.15) is 5.75 Å². The van der Waals surface area contributed by atoms with E-state index >= 15 is 0 Å². The Bertz CT molecular complexity index is 430. The van der Waals surface area contributed by atoms with Crippen molar-refractivity contribution in [3.05, 3.63) is 28.3 Å². The van der Waals surface area contributed by atoms with Crippen molar-refractivity contribution in [3.8, 4) is 11.5 Å². The molecule has 1 aromatic rings. The second kappa shape index (κ2) is 5.68. The molecular formula is C12H17NO5. The summed E-state index contributed by atoms with van der Waals surface area (Å²) in [7, 11) is 1.36. The average molecular weight is 255 g/mol. The van der Waals surface area contributed by atoms with E-state index in [9.17, 15) is 10.1 Å². The lowest BCUT2D eigenvalue weighted by Crippen LogP contribution is -2.25. The molecule has 0 spiro atoms. The average Bonchev–Trinajstić information content (AvgIpc) is 2.36. The Balaban J connectivity index is 2.83. The molecule has 0 saturated carbocycles. The first kappa shape index (κ1) is 14.2.